The number of rotatable bonds is 2. The molecule has 0 amide bonds. The number of nitrogens with zero attached hydrogens (tertiary/aromatic N) is 3. The van der Waals surface area contributed by atoms with Crippen LogP contribution in [0.5, 0.6) is 0 Å². The molecule has 3 nitrogen and oxygen atoms in total. The molecule has 0 spiro atoms. The average molecular weight is 296 g/mol. The van der Waals surface area contributed by atoms with E-state index in [0.29, 0.717) is 11.3 Å². The average Bonchev–Trinajstić information content (AvgIpc) is 2.86. The van der Waals surface area contributed by atoms with Crippen molar-refractivity contribution in [3.8, 4) is 0 Å². The zero-order chi connectivity index (χ0) is 13.4. The van der Waals surface area contributed by atoms with Crippen molar-refractivity contribution in [2.75, 3.05) is 11.4 Å². The first-order valence-electron chi connectivity index (χ1n) is 6.86. The quantitative estimate of drug-likeness (QED) is 0.771. The Balaban J connectivity index is 2.04. The van der Waals surface area contributed by atoms with Gasteiger partial charge in [0, 0.05) is 12.6 Å². The Labute approximate surface area is 122 Å². The number of thiophene rings is 1. The minimum absolute atomic E-state index is 0.357. The normalized spacial score (nSPS) is 24.1. The Morgan fingerprint density at radius 2 is 2.26 bits per heavy atom. The Bertz CT molecular complexity index is 583. The van der Waals surface area contributed by atoms with Gasteiger partial charge >= 0.3 is 0 Å². The van der Waals surface area contributed by atoms with Gasteiger partial charge in [0.1, 0.15) is 10.6 Å². The molecule has 1 aliphatic rings. The van der Waals surface area contributed by atoms with Gasteiger partial charge in [0.2, 0.25) is 5.28 Å². The molecule has 5 heteroatoms. The molecule has 2 atom stereocenters. The van der Waals surface area contributed by atoms with Crippen LogP contribution in [0.2, 0.25) is 5.28 Å². The van der Waals surface area contributed by atoms with Gasteiger partial charge in [-0.05, 0) is 48.7 Å². The van der Waals surface area contributed by atoms with Crippen molar-refractivity contribution in [2.24, 2.45) is 5.92 Å². The first-order valence-corrected chi connectivity index (χ1v) is 8.12. The summed E-state index contributed by atoms with van der Waals surface area (Å²) in [5.74, 6) is 1.78. The van der Waals surface area contributed by atoms with Crippen LogP contribution in [-0.4, -0.2) is 22.6 Å². The Hall–Kier alpha value is -0.870. The molecule has 3 heterocycles. The summed E-state index contributed by atoms with van der Waals surface area (Å²) in [6, 6.07) is 2.63. The lowest BCUT2D eigenvalue weighted by Crippen LogP contribution is -2.42. The van der Waals surface area contributed by atoms with Gasteiger partial charge in [0.05, 0.1) is 5.39 Å². The van der Waals surface area contributed by atoms with Crippen molar-refractivity contribution < 1.29 is 0 Å². The van der Waals surface area contributed by atoms with E-state index in [1.807, 2.05) is 0 Å². The van der Waals surface area contributed by atoms with E-state index in [9.17, 15) is 0 Å². The number of piperidine rings is 1. The Morgan fingerprint density at radius 3 is 3.05 bits per heavy atom. The molecule has 102 valence electrons. The van der Waals surface area contributed by atoms with Gasteiger partial charge < -0.3 is 4.90 Å². The summed E-state index contributed by atoms with van der Waals surface area (Å²) in [7, 11) is 0. The summed E-state index contributed by atoms with van der Waals surface area (Å²) in [5, 5.41) is 3.55. The van der Waals surface area contributed by atoms with Crippen molar-refractivity contribution >= 4 is 39.0 Å². The molecule has 0 N–H and O–H groups in total. The summed E-state index contributed by atoms with van der Waals surface area (Å²) in [5.41, 5.74) is 0. The third kappa shape index (κ3) is 2.43. The van der Waals surface area contributed by atoms with Gasteiger partial charge in [0.25, 0.3) is 0 Å². The minimum atomic E-state index is 0.357. The number of halogens is 1. The lowest BCUT2D eigenvalue weighted by molar-refractivity contribution is 0.358. The van der Waals surface area contributed by atoms with Crippen LogP contribution in [0.15, 0.2) is 11.4 Å². The van der Waals surface area contributed by atoms with E-state index in [-0.39, 0.29) is 0 Å². The lowest BCUT2D eigenvalue weighted by atomic mass is 9.91. The van der Waals surface area contributed by atoms with Gasteiger partial charge in [-0.1, -0.05) is 13.3 Å². The van der Waals surface area contributed by atoms with Gasteiger partial charge in [-0.15, -0.1) is 11.3 Å². The van der Waals surface area contributed by atoms with Crippen LogP contribution in [0.3, 0.4) is 0 Å². The SMILES string of the molecule is CCC1CCC(C)N(c2nc(Cl)nc3sccc23)C1. The monoisotopic (exact) mass is 295 g/mol. The first-order chi connectivity index (χ1) is 9.19. The molecule has 0 bridgehead atoms. The Morgan fingerprint density at radius 1 is 1.42 bits per heavy atom. The van der Waals surface area contributed by atoms with E-state index < -0.39 is 0 Å². The summed E-state index contributed by atoms with van der Waals surface area (Å²) < 4.78 is 0. The molecular formula is C14H18ClN3S. The van der Waals surface area contributed by atoms with E-state index in [1.54, 1.807) is 11.3 Å². The van der Waals surface area contributed by atoms with Gasteiger partial charge in [-0.2, -0.15) is 4.98 Å². The van der Waals surface area contributed by atoms with Gasteiger partial charge in [-0.3, -0.25) is 0 Å². The van der Waals surface area contributed by atoms with Crippen LogP contribution >= 0.6 is 22.9 Å². The summed E-state index contributed by atoms with van der Waals surface area (Å²) in [4.78, 5) is 12.2. The maximum Gasteiger partial charge on any atom is 0.225 e. The molecule has 0 aliphatic carbocycles. The fraction of sp³-hybridized carbons (Fsp3) is 0.571. The fourth-order valence-electron chi connectivity index (χ4n) is 2.84. The number of anilines is 1. The highest BCUT2D eigenvalue weighted by Gasteiger charge is 2.27. The molecule has 0 radical (unpaired) electrons. The highest BCUT2D eigenvalue weighted by atomic mass is 35.5. The van der Waals surface area contributed by atoms with E-state index in [2.05, 4.69) is 40.2 Å². The van der Waals surface area contributed by atoms with Crippen molar-refractivity contribution in [1.29, 1.82) is 0 Å². The van der Waals surface area contributed by atoms with Crippen LogP contribution in [-0.2, 0) is 0 Å². The van der Waals surface area contributed by atoms with Crippen molar-refractivity contribution in [1.82, 2.24) is 9.97 Å². The zero-order valence-electron chi connectivity index (χ0n) is 11.3. The van der Waals surface area contributed by atoms with Gasteiger partial charge in [-0.25, -0.2) is 4.98 Å². The van der Waals surface area contributed by atoms with Crippen molar-refractivity contribution in [2.45, 2.75) is 39.2 Å². The predicted octanol–water partition coefficient (Wildman–Crippen LogP) is 4.36. The van der Waals surface area contributed by atoms with E-state index in [4.69, 9.17) is 11.6 Å². The molecule has 2 unspecified atom stereocenters. The molecule has 2 aromatic heterocycles. The minimum Gasteiger partial charge on any atom is -0.353 e. The molecular weight excluding hydrogens is 278 g/mol. The first kappa shape index (κ1) is 13.1. The molecule has 1 fully saturated rings. The highest BCUT2D eigenvalue weighted by molar-refractivity contribution is 7.16. The largest absolute Gasteiger partial charge is 0.353 e. The third-order valence-electron chi connectivity index (χ3n) is 4.11. The summed E-state index contributed by atoms with van der Waals surface area (Å²) in [6.07, 6.45) is 3.78. The van der Waals surface area contributed by atoms with Crippen molar-refractivity contribution in [3.63, 3.8) is 0 Å². The molecule has 1 aliphatic heterocycles. The molecule has 2 aromatic rings. The molecule has 19 heavy (non-hydrogen) atoms. The van der Waals surface area contributed by atoms with E-state index in [1.165, 1.54) is 19.3 Å². The fourth-order valence-corrected chi connectivity index (χ4v) is 3.82. The van der Waals surface area contributed by atoms with E-state index in [0.717, 1.165) is 28.5 Å². The number of hydrogen-bond acceptors (Lipinski definition) is 4. The maximum atomic E-state index is 6.08. The second-order valence-electron chi connectivity index (χ2n) is 5.31. The van der Waals surface area contributed by atoms with Gasteiger partial charge in [0.15, 0.2) is 0 Å². The van der Waals surface area contributed by atoms with Crippen LogP contribution in [0.4, 0.5) is 5.82 Å². The maximum absolute atomic E-state index is 6.08. The molecule has 3 rings (SSSR count). The Kier molecular flexibility index (Phi) is 3.63. The molecule has 1 saturated heterocycles. The van der Waals surface area contributed by atoms with Crippen molar-refractivity contribution in [3.05, 3.63) is 16.7 Å². The topological polar surface area (TPSA) is 29.0 Å². The number of aromatic nitrogens is 2. The smallest absolute Gasteiger partial charge is 0.225 e. The molecule has 0 aromatic carbocycles. The van der Waals surface area contributed by atoms with Crippen LogP contribution in [0.25, 0.3) is 10.2 Å². The predicted molar refractivity (Wildman–Crippen MR) is 82.2 cm³/mol. The number of hydrogen-bond donors (Lipinski definition) is 0. The van der Waals surface area contributed by atoms with Crippen LogP contribution < -0.4 is 4.90 Å². The number of fused-ring (bicyclic) bond motifs is 1. The highest BCUT2D eigenvalue weighted by Crippen LogP contribution is 2.34. The zero-order valence-corrected chi connectivity index (χ0v) is 12.8. The van der Waals surface area contributed by atoms with E-state index >= 15 is 0 Å². The third-order valence-corrected chi connectivity index (χ3v) is 5.08. The van der Waals surface area contributed by atoms with Crippen LogP contribution in [0, 0.1) is 5.92 Å². The van der Waals surface area contributed by atoms with Crippen LogP contribution in [0.1, 0.15) is 33.1 Å². The standard InChI is InChI=1S/C14H18ClN3S/c1-3-10-5-4-9(2)18(8-10)12-11-6-7-19-13(11)17-14(15)16-12/h6-7,9-10H,3-5,8H2,1-2H3. The summed E-state index contributed by atoms with van der Waals surface area (Å²) >= 11 is 7.70. The molecule has 0 saturated carbocycles. The second-order valence-corrected chi connectivity index (χ2v) is 6.54. The lowest BCUT2D eigenvalue weighted by Gasteiger charge is -2.38. The second kappa shape index (κ2) is 5.25. The summed E-state index contributed by atoms with van der Waals surface area (Å²) in [6.45, 7) is 5.63.